The van der Waals surface area contributed by atoms with E-state index in [1.54, 1.807) is 6.07 Å². The first-order chi connectivity index (χ1) is 11.5. The maximum atomic E-state index is 12.0. The van der Waals surface area contributed by atoms with Crippen molar-refractivity contribution >= 4 is 28.8 Å². The number of hydrogen-bond donors (Lipinski definition) is 2. The fourth-order valence-corrected chi connectivity index (χ4v) is 1.93. The minimum atomic E-state index is -0.701. The highest BCUT2D eigenvalue weighted by atomic mass is 16.6. The van der Waals surface area contributed by atoms with E-state index in [9.17, 15) is 20.0 Å². The quantitative estimate of drug-likeness (QED) is 0.420. The number of amides is 1. The van der Waals surface area contributed by atoms with E-state index in [2.05, 4.69) is 25.5 Å². The lowest BCUT2D eigenvalue weighted by Crippen LogP contribution is -2.17. The molecule has 3 rings (SSSR count). The topological polar surface area (TPSA) is 144 Å². The first-order valence-corrected chi connectivity index (χ1v) is 6.58. The number of phenolic OH excluding ortho intramolecular Hbond substituents is 1. The van der Waals surface area contributed by atoms with Gasteiger partial charge in [0.2, 0.25) is 0 Å². The number of nitrogens with zero attached hydrogens (tertiary/aromatic N) is 4. The van der Waals surface area contributed by atoms with E-state index in [1.807, 2.05) is 0 Å². The largest absolute Gasteiger partial charge is 0.502 e. The molecule has 24 heavy (non-hydrogen) atoms. The first kappa shape index (κ1) is 15.1. The van der Waals surface area contributed by atoms with Crippen LogP contribution in [0.1, 0.15) is 15.9 Å². The summed E-state index contributed by atoms with van der Waals surface area (Å²) in [7, 11) is 0. The van der Waals surface area contributed by atoms with Gasteiger partial charge in [0.15, 0.2) is 5.75 Å². The zero-order valence-corrected chi connectivity index (χ0v) is 11.9. The number of carbonyl (C=O) groups excluding carboxylic acids is 1. The number of rotatable bonds is 4. The molecule has 1 amide bonds. The lowest BCUT2D eigenvalue weighted by molar-refractivity contribution is -0.385. The van der Waals surface area contributed by atoms with Gasteiger partial charge in [-0.2, -0.15) is 5.10 Å². The van der Waals surface area contributed by atoms with Gasteiger partial charge in [-0.05, 0) is 46.2 Å². The second kappa shape index (κ2) is 6.12. The molecule has 2 N–H and O–H groups in total. The fraction of sp³-hybridized carbons (Fsp3) is 0. The standard InChI is InChI=1S/C14H9N5O5/c20-13-5-8(1-4-12(13)19(22)23)7-15-16-14(21)9-2-3-10-11(6-9)18-24-17-10/h1-7,20H,(H,16,21). The molecule has 0 aliphatic carbocycles. The summed E-state index contributed by atoms with van der Waals surface area (Å²) < 4.78 is 4.54. The highest BCUT2D eigenvalue weighted by Crippen LogP contribution is 2.25. The van der Waals surface area contributed by atoms with Gasteiger partial charge in [-0.25, -0.2) is 10.1 Å². The number of phenols is 1. The molecule has 2 aromatic carbocycles. The van der Waals surface area contributed by atoms with Crippen LogP contribution < -0.4 is 5.43 Å². The number of carbonyl (C=O) groups is 1. The summed E-state index contributed by atoms with van der Waals surface area (Å²) in [6.45, 7) is 0. The molecule has 3 aromatic rings. The van der Waals surface area contributed by atoms with E-state index in [0.29, 0.717) is 22.2 Å². The maximum Gasteiger partial charge on any atom is 0.310 e. The van der Waals surface area contributed by atoms with Crippen LogP contribution in [0.4, 0.5) is 5.69 Å². The molecule has 0 bridgehead atoms. The van der Waals surface area contributed by atoms with E-state index in [-0.39, 0.29) is 0 Å². The SMILES string of the molecule is O=C(NN=Cc1ccc([N+](=O)[O-])c(O)c1)c1ccc2nonc2c1. The molecule has 0 fully saturated rings. The molecule has 0 atom stereocenters. The van der Waals surface area contributed by atoms with Crippen molar-refractivity contribution in [2.75, 3.05) is 0 Å². The van der Waals surface area contributed by atoms with Gasteiger partial charge in [-0.3, -0.25) is 14.9 Å². The third-order valence-corrected chi connectivity index (χ3v) is 3.09. The molecule has 0 radical (unpaired) electrons. The number of nitro groups is 1. The molecule has 0 unspecified atom stereocenters. The Balaban J connectivity index is 1.70. The number of hydrogen-bond acceptors (Lipinski definition) is 8. The molecule has 0 saturated carbocycles. The molecule has 10 heteroatoms. The van der Waals surface area contributed by atoms with Gasteiger partial charge in [0.1, 0.15) is 11.0 Å². The summed E-state index contributed by atoms with van der Waals surface area (Å²) in [6, 6.07) is 8.31. The Labute approximate surface area is 133 Å². The Hall–Kier alpha value is -3.82. The van der Waals surface area contributed by atoms with Gasteiger partial charge in [0, 0.05) is 11.6 Å². The van der Waals surface area contributed by atoms with E-state index in [0.717, 1.165) is 6.07 Å². The lowest BCUT2D eigenvalue weighted by atomic mass is 10.2. The first-order valence-electron chi connectivity index (χ1n) is 6.58. The van der Waals surface area contributed by atoms with Crippen LogP contribution in [0, 0.1) is 10.1 Å². The molecular weight excluding hydrogens is 318 g/mol. The van der Waals surface area contributed by atoms with Crippen molar-refractivity contribution in [1.29, 1.82) is 0 Å². The molecule has 1 heterocycles. The summed E-state index contributed by atoms with van der Waals surface area (Å²) in [5, 5.41) is 31.1. The average molecular weight is 327 g/mol. The van der Waals surface area contributed by atoms with Crippen molar-refractivity contribution in [1.82, 2.24) is 15.7 Å². The second-order valence-corrected chi connectivity index (χ2v) is 4.67. The van der Waals surface area contributed by atoms with Crippen molar-refractivity contribution in [2.45, 2.75) is 0 Å². The Morgan fingerprint density at radius 2 is 2.04 bits per heavy atom. The number of hydrazone groups is 1. The number of fused-ring (bicyclic) bond motifs is 1. The van der Waals surface area contributed by atoms with Gasteiger partial charge >= 0.3 is 5.69 Å². The normalized spacial score (nSPS) is 11.0. The molecule has 0 saturated heterocycles. The third-order valence-electron chi connectivity index (χ3n) is 3.09. The molecule has 0 aliphatic rings. The summed E-state index contributed by atoms with van der Waals surface area (Å²) in [6.07, 6.45) is 1.25. The summed E-state index contributed by atoms with van der Waals surface area (Å²) in [5.41, 5.74) is 3.54. The van der Waals surface area contributed by atoms with Gasteiger partial charge in [0.05, 0.1) is 11.1 Å². The predicted molar refractivity (Wildman–Crippen MR) is 81.6 cm³/mol. The van der Waals surface area contributed by atoms with E-state index >= 15 is 0 Å². The predicted octanol–water partition coefficient (Wildman–Crippen LogP) is 1.60. The van der Waals surface area contributed by atoms with Crippen molar-refractivity contribution < 1.29 is 19.5 Å². The van der Waals surface area contributed by atoms with Crippen LogP contribution in [-0.4, -0.2) is 32.5 Å². The van der Waals surface area contributed by atoms with Crippen molar-refractivity contribution in [3.63, 3.8) is 0 Å². The number of aromatic hydroxyl groups is 1. The maximum absolute atomic E-state index is 12.0. The van der Waals surface area contributed by atoms with Crippen LogP contribution in [0.15, 0.2) is 46.1 Å². The third kappa shape index (κ3) is 3.02. The summed E-state index contributed by atoms with van der Waals surface area (Å²) in [4.78, 5) is 21.9. The minimum Gasteiger partial charge on any atom is -0.502 e. The minimum absolute atomic E-state index is 0.307. The average Bonchev–Trinajstić information content (AvgIpc) is 3.02. The van der Waals surface area contributed by atoms with Crippen molar-refractivity contribution in [3.05, 3.63) is 57.6 Å². The Morgan fingerprint density at radius 1 is 1.25 bits per heavy atom. The fourth-order valence-electron chi connectivity index (χ4n) is 1.93. The molecule has 10 nitrogen and oxygen atoms in total. The number of aromatic nitrogens is 2. The van der Waals surface area contributed by atoms with Crippen molar-refractivity contribution in [2.24, 2.45) is 5.10 Å². The van der Waals surface area contributed by atoms with Crippen LogP contribution >= 0.6 is 0 Å². The number of benzene rings is 2. The van der Waals surface area contributed by atoms with Crippen molar-refractivity contribution in [3.8, 4) is 5.75 Å². The van der Waals surface area contributed by atoms with Crippen LogP contribution in [-0.2, 0) is 0 Å². The van der Waals surface area contributed by atoms with Crippen LogP contribution in [0.25, 0.3) is 11.0 Å². The molecule has 0 spiro atoms. The molecule has 0 aliphatic heterocycles. The lowest BCUT2D eigenvalue weighted by Gasteiger charge is -2.00. The second-order valence-electron chi connectivity index (χ2n) is 4.67. The smallest absolute Gasteiger partial charge is 0.310 e. The Morgan fingerprint density at radius 3 is 2.79 bits per heavy atom. The van der Waals surface area contributed by atoms with Gasteiger partial charge in [-0.1, -0.05) is 0 Å². The zero-order chi connectivity index (χ0) is 17.1. The van der Waals surface area contributed by atoms with Gasteiger partial charge in [0.25, 0.3) is 5.91 Å². The van der Waals surface area contributed by atoms with Gasteiger partial charge in [-0.15, -0.1) is 0 Å². The molecular formula is C14H9N5O5. The molecule has 120 valence electrons. The van der Waals surface area contributed by atoms with Crippen LogP contribution in [0.3, 0.4) is 0 Å². The Kier molecular flexibility index (Phi) is 3.85. The molecule has 1 aromatic heterocycles. The number of nitro benzene ring substituents is 1. The summed E-state index contributed by atoms with van der Waals surface area (Å²) >= 11 is 0. The van der Waals surface area contributed by atoms with Crippen LogP contribution in [0.5, 0.6) is 5.75 Å². The number of nitrogens with one attached hydrogen (secondary N) is 1. The highest BCUT2D eigenvalue weighted by Gasteiger charge is 2.12. The summed E-state index contributed by atoms with van der Waals surface area (Å²) in [5.74, 6) is -0.971. The zero-order valence-electron chi connectivity index (χ0n) is 11.9. The highest BCUT2D eigenvalue weighted by molar-refractivity contribution is 5.97. The Bertz CT molecular complexity index is 965. The monoisotopic (exact) mass is 327 g/mol. The van der Waals surface area contributed by atoms with Crippen LogP contribution in [0.2, 0.25) is 0 Å². The van der Waals surface area contributed by atoms with E-state index in [1.165, 1.54) is 30.5 Å². The van der Waals surface area contributed by atoms with E-state index in [4.69, 9.17) is 0 Å². The van der Waals surface area contributed by atoms with Gasteiger partial charge < -0.3 is 5.11 Å². The van der Waals surface area contributed by atoms with E-state index < -0.39 is 22.3 Å².